The van der Waals surface area contributed by atoms with Gasteiger partial charge in [0, 0.05) is 35.9 Å². The lowest BCUT2D eigenvalue weighted by Gasteiger charge is -2.57. The molecule has 7 nitrogen and oxygen atoms in total. The third-order valence-electron chi connectivity index (χ3n) is 10.8. The Bertz CT molecular complexity index is 1300. The maximum Gasteiger partial charge on any atom is 0.174 e. The zero-order valence-corrected chi connectivity index (χ0v) is 25.3. The molecule has 1 spiro atoms. The lowest BCUT2D eigenvalue weighted by molar-refractivity contribution is -0.138. The number of methoxy groups -OCH3 is 2. The second kappa shape index (κ2) is 10.9. The lowest BCUT2D eigenvalue weighted by atomic mass is 9.52. The topological polar surface area (TPSA) is 71.5 Å². The summed E-state index contributed by atoms with van der Waals surface area (Å²) in [6.45, 7) is 1.97. The van der Waals surface area contributed by atoms with Crippen molar-refractivity contribution in [2.75, 3.05) is 48.5 Å². The summed E-state index contributed by atoms with van der Waals surface area (Å²) in [5.74, 6) is 3.57. The molecule has 7 heteroatoms. The van der Waals surface area contributed by atoms with E-state index >= 15 is 0 Å². The van der Waals surface area contributed by atoms with Crippen LogP contribution in [0.15, 0.2) is 36.4 Å². The number of hydrogen-bond acceptors (Lipinski definition) is 7. The van der Waals surface area contributed by atoms with E-state index in [0.717, 1.165) is 74.4 Å². The largest absolute Gasteiger partial charge is 0.497 e. The molecule has 3 fully saturated rings. The quantitative estimate of drug-likeness (QED) is 0.573. The van der Waals surface area contributed by atoms with E-state index in [9.17, 15) is 9.90 Å². The Balaban J connectivity index is 0.000000150. The number of piperidine rings is 1. The minimum absolute atomic E-state index is 0.0933. The van der Waals surface area contributed by atoms with E-state index in [2.05, 4.69) is 37.0 Å². The smallest absolute Gasteiger partial charge is 0.174 e. The molecule has 7 rings (SSSR count). The van der Waals surface area contributed by atoms with Crippen LogP contribution in [0.3, 0.4) is 0 Å². The van der Waals surface area contributed by atoms with E-state index in [0.29, 0.717) is 24.3 Å². The summed E-state index contributed by atoms with van der Waals surface area (Å²) < 4.78 is 17.1. The number of hydrogen-bond donors (Lipinski definition) is 1. The fraction of sp³-hybridized carbons (Fsp3) is 0.618. The van der Waals surface area contributed by atoms with E-state index in [1.54, 1.807) is 14.2 Å². The van der Waals surface area contributed by atoms with Crippen LogP contribution in [-0.4, -0.2) is 81.3 Å². The summed E-state index contributed by atoms with van der Waals surface area (Å²) in [4.78, 5) is 17.3. The minimum Gasteiger partial charge on any atom is -0.497 e. The zero-order chi connectivity index (χ0) is 28.9. The van der Waals surface area contributed by atoms with Crippen LogP contribution in [0, 0.1) is 11.8 Å². The van der Waals surface area contributed by atoms with Gasteiger partial charge >= 0.3 is 0 Å². The number of benzene rings is 2. The number of Topliss-reactive ketones (excluding diaryl/α,β-unsaturated/α-hetero) is 1. The molecule has 6 atom stereocenters. The maximum absolute atomic E-state index is 12.6. The monoisotopic (exact) mass is 562 g/mol. The van der Waals surface area contributed by atoms with Gasteiger partial charge in [0.1, 0.15) is 5.75 Å². The van der Waals surface area contributed by atoms with Gasteiger partial charge in [0.2, 0.25) is 0 Å². The van der Waals surface area contributed by atoms with Crippen LogP contribution in [-0.2, 0) is 22.2 Å². The molecule has 5 aliphatic rings. The first-order chi connectivity index (χ1) is 19.7. The molecule has 0 amide bonds. The third-order valence-corrected chi connectivity index (χ3v) is 10.8. The number of ether oxygens (including phenoxy) is 3. The van der Waals surface area contributed by atoms with Gasteiger partial charge in [-0.1, -0.05) is 31.0 Å². The summed E-state index contributed by atoms with van der Waals surface area (Å²) in [7, 11) is 9.72. The van der Waals surface area contributed by atoms with E-state index in [4.69, 9.17) is 14.2 Å². The lowest BCUT2D eigenvalue weighted by Crippen LogP contribution is -2.65. The van der Waals surface area contributed by atoms with Gasteiger partial charge in [0.25, 0.3) is 0 Å². The second-order valence-electron chi connectivity index (χ2n) is 13.1. The average Bonchev–Trinajstić information content (AvgIpc) is 3.33. The SMILES string of the molecule is COc1ccc2c3c1O[C@H]1C(=O)CC[C@H]4[C@@H](C2)N(C)CC[C@]314.COc1cccc([C@@]2(O)CCCC[C@@H]2CN(C)C)c1. The predicted octanol–water partition coefficient (Wildman–Crippen LogP) is 4.57. The van der Waals surface area contributed by atoms with Gasteiger partial charge < -0.3 is 29.1 Å². The Morgan fingerprint density at radius 3 is 2.68 bits per heavy atom. The van der Waals surface area contributed by atoms with Gasteiger partial charge in [-0.3, -0.25) is 4.79 Å². The second-order valence-corrected chi connectivity index (χ2v) is 13.1. The van der Waals surface area contributed by atoms with Crippen LogP contribution >= 0.6 is 0 Å². The van der Waals surface area contributed by atoms with Crippen molar-refractivity contribution in [1.29, 1.82) is 0 Å². The van der Waals surface area contributed by atoms with Gasteiger partial charge in [0.05, 0.1) is 19.8 Å². The number of rotatable bonds is 5. The van der Waals surface area contributed by atoms with Gasteiger partial charge in [-0.15, -0.1) is 0 Å². The molecule has 2 aliphatic heterocycles. The molecule has 2 aromatic carbocycles. The number of ketones is 1. The van der Waals surface area contributed by atoms with E-state index in [1.165, 1.54) is 17.5 Å². The van der Waals surface area contributed by atoms with E-state index in [-0.39, 0.29) is 17.3 Å². The van der Waals surface area contributed by atoms with Crippen LogP contribution in [0.25, 0.3) is 0 Å². The number of nitrogens with zero attached hydrogens (tertiary/aromatic N) is 2. The van der Waals surface area contributed by atoms with Crippen molar-refractivity contribution in [3.8, 4) is 17.2 Å². The van der Waals surface area contributed by atoms with Gasteiger partial charge in [0.15, 0.2) is 23.4 Å². The highest BCUT2D eigenvalue weighted by Crippen LogP contribution is 2.63. The van der Waals surface area contributed by atoms with E-state index < -0.39 is 5.60 Å². The van der Waals surface area contributed by atoms with Gasteiger partial charge in [-0.25, -0.2) is 0 Å². The van der Waals surface area contributed by atoms with Gasteiger partial charge in [-0.2, -0.15) is 0 Å². The van der Waals surface area contributed by atoms with E-state index in [1.807, 2.05) is 30.3 Å². The Morgan fingerprint density at radius 1 is 1.10 bits per heavy atom. The molecule has 41 heavy (non-hydrogen) atoms. The van der Waals surface area contributed by atoms with Crippen LogP contribution in [0.5, 0.6) is 17.2 Å². The van der Waals surface area contributed by atoms with Gasteiger partial charge in [-0.05, 0) is 95.0 Å². The zero-order valence-electron chi connectivity index (χ0n) is 25.3. The van der Waals surface area contributed by atoms with Crippen molar-refractivity contribution in [2.45, 2.75) is 74.5 Å². The summed E-state index contributed by atoms with van der Waals surface area (Å²) in [6.07, 6.45) is 7.71. The van der Waals surface area contributed by atoms with Crippen molar-refractivity contribution in [3.63, 3.8) is 0 Å². The Kier molecular flexibility index (Phi) is 7.58. The summed E-state index contributed by atoms with van der Waals surface area (Å²) in [5, 5.41) is 11.2. The van der Waals surface area contributed by atoms with Crippen LogP contribution < -0.4 is 14.2 Å². The third kappa shape index (κ3) is 4.56. The standard InChI is InChI=1S/C18H21NO3.C16H25NO2/c1-19-8-7-18-11-4-5-13(20)17(18)22-16-14(21-2)6-3-10(15(16)18)9-12(11)19;1-17(2)12-14-7-4-5-10-16(14,18)13-8-6-9-15(11-13)19-3/h3,6,11-12,17H,4-5,7-9H2,1-2H3;6,8-9,11,14,18H,4-5,7,10,12H2,1-3H3/t11-,12+,17-,18-;14-,16+/m01/s1. The fourth-order valence-corrected chi connectivity index (χ4v) is 8.85. The summed E-state index contributed by atoms with van der Waals surface area (Å²) >= 11 is 0. The normalized spacial score (nSPS) is 33.4. The highest BCUT2D eigenvalue weighted by atomic mass is 16.5. The van der Waals surface area contributed by atoms with Crippen molar-refractivity contribution < 1.29 is 24.1 Å². The Morgan fingerprint density at radius 2 is 1.93 bits per heavy atom. The molecule has 2 aromatic rings. The maximum atomic E-state index is 12.6. The van der Waals surface area contributed by atoms with Crippen LogP contribution in [0.1, 0.15) is 61.6 Å². The Labute approximate surface area is 244 Å². The molecule has 0 unspecified atom stereocenters. The number of aliphatic hydroxyl groups is 1. The number of likely N-dealkylation sites (N-methyl/N-ethyl adjacent to an activating group) is 1. The fourth-order valence-electron chi connectivity index (χ4n) is 8.85. The highest BCUT2D eigenvalue weighted by Gasteiger charge is 2.65. The predicted molar refractivity (Wildman–Crippen MR) is 159 cm³/mol. The Hall–Kier alpha value is -2.61. The summed E-state index contributed by atoms with van der Waals surface area (Å²) in [6, 6.07) is 12.6. The first kappa shape index (κ1) is 28.5. The molecule has 0 aromatic heterocycles. The van der Waals surface area contributed by atoms with Crippen molar-refractivity contribution in [1.82, 2.24) is 9.80 Å². The minimum atomic E-state index is -0.711. The molecule has 222 valence electrons. The van der Waals surface area contributed by atoms with Crippen LogP contribution in [0.2, 0.25) is 0 Å². The molecular formula is C34H46N2O5. The van der Waals surface area contributed by atoms with Crippen molar-refractivity contribution in [2.24, 2.45) is 11.8 Å². The molecule has 2 bridgehead atoms. The molecule has 2 saturated carbocycles. The highest BCUT2D eigenvalue weighted by molar-refractivity contribution is 5.89. The molecule has 1 saturated heterocycles. The molecule has 2 heterocycles. The summed E-state index contributed by atoms with van der Waals surface area (Å²) in [5.41, 5.74) is 2.86. The molecule has 0 radical (unpaired) electrons. The van der Waals surface area contributed by atoms with Crippen molar-refractivity contribution in [3.05, 3.63) is 53.1 Å². The molecular weight excluding hydrogens is 516 g/mol. The number of carbonyl (C=O) groups is 1. The number of likely N-dealkylation sites (tertiary alicyclic amines) is 1. The number of carbonyl (C=O) groups excluding carboxylic acids is 1. The van der Waals surface area contributed by atoms with Crippen LogP contribution in [0.4, 0.5) is 0 Å². The molecule has 1 N–H and O–H groups in total. The first-order valence-electron chi connectivity index (χ1n) is 15.3. The molecule has 3 aliphatic carbocycles. The van der Waals surface area contributed by atoms with Crippen molar-refractivity contribution >= 4 is 5.78 Å². The first-order valence-corrected chi connectivity index (χ1v) is 15.3. The average molecular weight is 563 g/mol.